The summed E-state index contributed by atoms with van der Waals surface area (Å²) in [5.41, 5.74) is 0.757. The molecule has 0 unspecified atom stereocenters. The summed E-state index contributed by atoms with van der Waals surface area (Å²) in [7, 11) is -3.79. The maximum absolute atomic E-state index is 12.7. The lowest BCUT2D eigenvalue weighted by Gasteiger charge is -2.35. The van der Waals surface area contributed by atoms with Crippen LogP contribution in [0.3, 0.4) is 0 Å². The van der Waals surface area contributed by atoms with Crippen molar-refractivity contribution < 1.29 is 18.1 Å². The molecule has 0 spiro atoms. The summed E-state index contributed by atoms with van der Waals surface area (Å²) in [6, 6.07) is 5.81. The molecule has 1 aliphatic heterocycles. The van der Waals surface area contributed by atoms with E-state index in [1.54, 1.807) is 30.2 Å². The average molecular weight is 453 g/mol. The van der Waals surface area contributed by atoms with Gasteiger partial charge in [-0.15, -0.1) is 0 Å². The highest BCUT2D eigenvalue weighted by molar-refractivity contribution is 7.89. The highest BCUT2D eigenvalue weighted by atomic mass is 32.2. The van der Waals surface area contributed by atoms with E-state index in [0.29, 0.717) is 37.4 Å². The zero-order chi connectivity index (χ0) is 21.9. The third kappa shape index (κ3) is 4.32. The largest absolute Gasteiger partial charge is 0.362 e. The van der Waals surface area contributed by atoms with Gasteiger partial charge in [-0.25, -0.2) is 8.42 Å². The van der Waals surface area contributed by atoms with Gasteiger partial charge in [-0.05, 0) is 23.6 Å². The van der Waals surface area contributed by atoms with Gasteiger partial charge in [0, 0.05) is 50.7 Å². The number of anilines is 1. The van der Waals surface area contributed by atoms with Crippen molar-refractivity contribution in [3.63, 3.8) is 0 Å². The Balaban J connectivity index is 1.82. The van der Waals surface area contributed by atoms with Crippen LogP contribution in [0.25, 0.3) is 0 Å². The summed E-state index contributed by atoms with van der Waals surface area (Å²) in [5, 5.41) is 15.3. The van der Waals surface area contributed by atoms with Crippen molar-refractivity contribution in [3.05, 3.63) is 50.7 Å². The van der Waals surface area contributed by atoms with E-state index in [4.69, 9.17) is 0 Å². The molecule has 30 heavy (non-hydrogen) atoms. The number of nitro benzene ring substituents is 1. The van der Waals surface area contributed by atoms with Gasteiger partial charge in [0.1, 0.15) is 5.69 Å². The van der Waals surface area contributed by atoms with Gasteiger partial charge in [0.25, 0.3) is 11.6 Å². The first kappa shape index (κ1) is 22.2. The number of nitro groups is 1. The standard InChI is InChI=1S/C19H24N4O5S2/c1-3-22(4-2)30(27,28)16-5-6-17(18(13-16)23(25)26)20-8-10-21(11-9-20)19(24)15-7-12-29-14-15/h5-7,12-14H,3-4,8-11H2,1-2H3. The van der Waals surface area contributed by atoms with Gasteiger partial charge in [-0.2, -0.15) is 15.6 Å². The lowest BCUT2D eigenvalue weighted by Crippen LogP contribution is -2.48. The zero-order valence-electron chi connectivity index (χ0n) is 16.9. The quantitative estimate of drug-likeness (QED) is 0.473. The number of nitrogens with zero attached hydrogens (tertiary/aromatic N) is 4. The fourth-order valence-corrected chi connectivity index (χ4v) is 5.62. The fourth-order valence-electron chi connectivity index (χ4n) is 3.51. The number of carbonyl (C=O) groups excluding carboxylic acids is 1. The summed E-state index contributed by atoms with van der Waals surface area (Å²) >= 11 is 1.46. The molecular formula is C19H24N4O5S2. The molecule has 2 aromatic rings. The molecule has 1 saturated heterocycles. The minimum atomic E-state index is -3.79. The van der Waals surface area contributed by atoms with Gasteiger partial charge in [0.15, 0.2) is 0 Å². The Bertz CT molecular complexity index is 1010. The fraction of sp³-hybridized carbons (Fsp3) is 0.421. The maximum atomic E-state index is 12.7. The number of piperazine rings is 1. The SMILES string of the molecule is CCN(CC)S(=O)(=O)c1ccc(N2CCN(C(=O)c3ccsc3)CC2)c([N+](=O)[O-])c1. The first-order chi connectivity index (χ1) is 14.3. The maximum Gasteiger partial charge on any atom is 0.293 e. The van der Waals surface area contributed by atoms with Crippen LogP contribution in [0.2, 0.25) is 0 Å². The van der Waals surface area contributed by atoms with Crippen molar-refractivity contribution >= 4 is 38.6 Å². The Labute approximate surface area is 179 Å². The smallest absolute Gasteiger partial charge is 0.293 e. The number of hydrogen-bond donors (Lipinski definition) is 0. The number of hydrogen-bond acceptors (Lipinski definition) is 7. The predicted molar refractivity (Wildman–Crippen MR) is 116 cm³/mol. The molecule has 0 radical (unpaired) electrons. The lowest BCUT2D eigenvalue weighted by molar-refractivity contribution is -0.384. The van der Waals surface area contributed by atoms with Gasteiger partial charge < -0.3 is 9.80 Å². The number of carbonyl (C=O) groups is 1. The normalized spacial score (nSPS) is 14.9. The first-order valence-electron chi connectivity index (χ1n) is 9.64. The summed E-state index contributed by atoms with van der Waals surface area (Å²) in [5.74, 6) is -0.0499. The van der Waals surface area contributed by atoms with Crippen LogP contribution >= 0.6 is 11.3 Å². The van der Waals surface area contributed by atoms with E-state index in [1.807, 2.05) is 10.3 Å². The Morgan fingerprint density at radius 1 is 1.17 bits per heavy atom. The Hall–Kier alpha value is -2.50. The van der Waals surface area contributed by atoms with Crippen molar-refractivity contribution in [1.29, 1.82) is 0 Å². The molecule has 0 N–H and O–H groups in total. The van der Waals surface area contributed by atoms with Crippen molar-refractivity contribution in [2.45, 2.75) is 18.7 Å². The average Bonchev–Trinajstić information content (AvgIpc) is 3.28. The molecule has 11 heteroatoms. The van der Waals surface area contributed by atoms with Gasteiger partial charge >= 0.3 is 0 Å². The van der Waals surface area contributed by atoms with Crippen LogP contribution in [-0.4, -0.2) is 67.7 Å². The molecule has 2 heterocycles. The Morgan fingerprint density at radius 2 is 1.83 bits per heavy atom. The first-order valence-corrected chi connectivity index (χ1v) is 12.0. The molecule has 0 atom stereocenters. The van der Waals surface area contributed by atoms with Gasteiger partial charge in [0.05, 0.1) is 15.4 Å². The second-order valence-corrected chi connectivity index (χ2v) is 9.51. The van der Waals surface area contributed by atoms with E-state index < -0.39 is 14.9 Å². The van der Waals surface area contributed by atoms with Gasteiger partial charge in [-0.3, -0.25) is 14.9 Å². The van der Waals surface area contributed by atoms with E-state index in [0.717, 1.165) is 6.07 Å². The third-order valence-corrected chi connectivity index (χ3v) is 7.89. The van der Waals surface area contributed by atoms with Crippen LogP contribution in [0.15, 0.2) is 39.9 Å². The molecule has 0 bridgehead atoms. The van der Waals surface area contributed by atoms with Crippen molar-refractivity contribution in [2.75, 3.05) is 44.2 Å². The number of benzene rings is 1. The van der Waals surface area contributed by atoms with Crippen molar-refractivity contribution in [1.82, 2.24) is 9.21 Å². The second-order valence-electron chi connectivity index (χ2n) is 6.79. The molecule has 1 aromatic carbocycles. The van der Waals surface area contributed by atoms with Crippen LogP contribution in [0.1, 0.15) is 24.2 Å². The zero-order valence-corrected chi connectivity index (χ0v) is 18.5. The summed E-state index contributed by atoms with van der Waals surface area (Å²) in [4.78, 5) is 27.1. The van der Waals surface area contributed by atoms with E-state index >= 15 is 0 Å². The molecule has 1 amide bonds. The minimum Gasteiger partial charge on any atom is -0.362 e. The van der Waals surface area contributed by atoms with Crippen molar-refractivity contribution in [2.24, 2.45) is 0 Å². The van der Waals surface area contributed by atoms with Crippen LogP contribution in [0.5, 0.6) is 0 Å². The predicted octanol–water partition coefficient (Wildman–Crippen LogP) is 2.65. The summed E-state index contributed by atoms with van der Waals surface area (Å²) in [6.07, 6.45) is 0. The molecular weight excluding hydrogens is 428 g/mol. The summed E-state index contributed by atoms with van der Waals surface area (Å²) < 4.78 is 26.7. The monoisotopic (exact) mass is 452 g/mol. The lowest BCUT2D eigenvalue weighted by atomic mass is 10.2. The van der Waals surface area contributed by atoms with Crippen LogP contribution < -0.4 is 4.90 Å². The molecule has 1 fully saturated rings. The number of rotatable bonds is 7. The number of amides is 1. The molecule has 9 nitrogen and oxygen atoms in total. The molecule has 1 aliphatic rings. The van der Waals surface area contributed by atoms with Crippen LogP contribution in [-0.2, 0) is 10.0 Å². The van der Waals surface area contributed by atoms with Gasteiger partial charge in [0.2, 0.25) is 10.0 Å². The van der Waals surface area contributed by atoms with Crippen LogP contribution in [0, 0.1) is 10.1 Å². The van der Waals surface area contributed by atoms with E-state index in [2.05, 4.69) is 0 Å². The van der Waals surface area contributed by atoms with E-state index in [-0.39, 0.29) is 29.6 Å². The third-order valence-electron chi connectivity index (χ3n) is 5.16. The highest BCUT2D eigenvalue weighted by Gasteiger charge is 2.29. The second kappa shape index (κ2) is 9.11. The number of sulfonamides is 1. The van der Waals surface area contributed by atoms with Crippen molar-refractivity contribution in [3.8, 4) is 0 Å². The summed E-state index contributed by atoms with van der Waals surface area (Å²) in [6.45, 7) is 5.75. The van der Waals surface area contributed by atoms with E-state index in [1.165, 1.54) is 27.8 Å². The van der Waals surface area contributed by atoms with Gasteiger partial charge in [-0.1, -0.05) is 13.8 Å². The molecule has 0 aliphatic carbocycles. The molecule has 1 aromatic heterocycles. The Kier molecular flexibility index (Phi) is 6.74. The highest BCUT2D eigenvalue weighted by Crippen LogP contribution is 2.32. The van der Waals surface area contributed by atoms with E-state index in [9.17, 15) is 23.3 Å². The molecule has 162 valence electrons. The van der Waals surface area contributed by atoms with Crippen LogP contribution in [0.4, 0.5) is 11.4 Å². The Morgan fingerprint density at radius 3 is 2.37 bits per heavy atom. The topological polar surface area (TPSA) is 104 Å². The molecule has 0 saturated carbocycles. The number of thiophene rings is 1. The minimum absolute atomic E-state index is 0.0499. The molecule has 3 rings (SSSR count).